The van der Waals surface area contributed by atoms with E-state index < -0.39 is 0 Å². The Kier molecular flexibility index (Phi) is 6.60. The van der Waals surface area contributed by atoms with Gasteiger partial charge in [-0.3, -0.25) is 9.59 Å². The van der Waals surface area contributed by atoms with Gasteiger partial charge >= 0.3 is 0 Å². The first kappa shape index (κ1) is 19.1. The predicted molar refractivity (Wildman–Crippen MR) is 104 cm³/mol. The number of nitrogens with zero attached hydrogens (tertiary/aromatic N) is 1. The molecule has 3 rings (SSSR count). The molecule has 5 nitrogen and oxygen atoms in total. The average Bonchev–Trinajstić information content (AvgIpc) is 3.09. The summed E-state index contributed by atoms with van der Waals surface area (Å²) in [5.41, 5.74) is 2.22. The number of hydrogen-bond donors (Lipinski definition) is 1. The molecule has 0 bridgehead atoms. The number of carbonyl (C=O) groups excluding carboxylic acids is 2. The summed E-state index contributed by atoms with van der Waals surface area (Å²) in [6.07, 6.45) is 0.894. The van der Waals surface area contributed by atoms with Crippen LogP contribution in [0.2, 0.25) is 0 Å². The maximum Gasteiger partial charge on any atom is 0.225 e. The minimum Gasteiger partial charge on any atom is -0.375 e. The van der Waals surface area contributed by atoms with Crippen LogP contribution >= 0.6 is 0 Å². The van der Waals surface area contributed by atoms with Gasteiger partial charge in [0.05, 0.1) is 12.0 Å². The number of benzene rings is 2. The summed E-state index contributed by atoms with van der Waals surface area (Å²) in [7, 11) is 1.63. The smallest absolute Gasteiger partial charge is 0.225 e. The Morgan fingerprint density at radius 3 is 2.48 bits per heavy atom. The zero-order valence-corrected chi connectivity index (χ0v) is 15.6. The highest BCUT2D eigenvalue weighted by Gasteiger charge is 2.34. The molecule has 0 saturated carbocycles. The standard InChI is InChI=1S/C22H26N2O3/c1-27-20(18-10-6-3-7-11-18)15-23-22(26)19-14-21(25)24(16-19)13-12-17-8-4-2-5-9-17/h2-11,19-20H,12-16H2,1H3,(H,23,26). The van der Waals surface area contributed by atoms with Crippen molar-refractivity contribution in [3.63, 3.8) is 0 Å². The van der Waals surface area contributed by atoms with Gasteiger partial charge in [-0.05, 0) is 17.5 Å². The van der Waals surface area contributed by atoms with Gasteiger partial charge < -0.3 is 15.0 Å². The van der Waals surface area contributed by atoms with E-state index in [1.54, 1.807) is 12.0 Å². The highest BCUT2D eigenvalue weighted by Crippen LogP contribution is 2.20. The van der Waals surface area contributed by atoms with Crippen molar-refractivity contribution in [1.29, 1.82) is 0 Å². The number of methoxy groups -OCH3 is 1. The molecule has 0 aromatic heterocycles. The third kappa shape index (κ3) is 5.17. The number of nitrogens with one attached hydrogen (secondary N) is 1. The van der Waals surface area contributed by atoms with Gasteiger partial charge in [-0.25, -0.2) is 0 Å². The van der Waals surface area contributed by atoms with Crippen LogP contribution in [-0.2, 0) is 20.7 Å². The number of rotatable bonds is 8. The fourth-order valence-corrected chi connectivity index (χ4v) is 3.42. The number of carbonyl (C=O) groups is 2. The van der Waals surface area contributed by atoms with Crippen LogP contribution in [-0.4, -0.2) is 43.5 Å². The zero-order valence-electron chi connectivity index (χ0n) is 15.6. The molecule has 0 spiro atoms. The Morgan fingerprint density at radius 2 is 1.81 bits per heavy atom. The molecular weight excluding hydrogens is 340 g/mol. The number of hydrogen-bond acceptors (Lipinski definition) is 3. The maximum absolute atomic E-state index is 12.5. The molecule has 5 heteroatoms. The minimum absolute atomic E-state index is 0.0532. The molecule has 1 heterocycles. The van der Waals surface area contributed by atoms with Crippen LogP contribution in [0.25, 0.3) is 0 Å². The summed E-state index contributed by atoms with van der Waals surface area (Å²) in [5, 5.41) is 2.95. The van der Waals surface area contributed by atoms with E-state index in [-0.39, 0.29) is 30.3 Å². The lowest BCUT2D eigenvalue weighted by molar-refractivity contribution is -0.129. The Morgan fingerprint density at radius 1 is 1.15 bits per heavy atom. The fraction of sp³-hybridized carbons (Fsp3) is 0.364. The molecular formula is C22H26N2O3. The first-order valence-electron chi connectivity index (χ1n) is 9.34. The third-order valence-corrected chi connectivity index (χ3v) is 5.02. The molecule has 2 amide bonds. The lowest BCUT2D eigenvalue weighted by Crippen LogP contribution is -2.36. The first-order chi connectivity index (χ1) is 13.2. The van der Waals surface area contributed by atoms with Gasteiger partial charge in [-0.1, -0.05) is 60.7 Å². The lowest BCUT2D eigenvalue weighted by atomic mass is 10.1. The second-order valence-corrected chi connectivity index (χ2v) is 6.86. The van der Waals surface area contributed by atoms with E-state index >= 15 is 0 Å². The van der Waals surface area contributed by atoms with Crippen molar-refractivity contribution >= 4 is 11.8 Å². The molecule has 1 aliphatic rings. The quantitative estimate of drug-likeness (QED) is 0.781. The van der Waals surface area contributed by atoms with Gasteiger partial charge in [0.25, 0.3) is 0 Å². The van der Waals surface area contributed by atoms with Crippen LogP contribution in [0.3, 0.4) is 0 Å². The molecule has 0 radical (unpaired) electrons. The second-order valence-electron chi connectivity index (χ2n) is 6.86. The molecule has 142 valence electrons. The number of amides is 2. The second kappa shape index (κ2) is 9.33. The highest BCUT2D eigenvalue weighted by atomic mass is 16.5. The van der Waals surface area contributed by atoms with Crippen molar-refractivity contribution in [2.24, 2.45) is 5.92 Å². The Bertz CT molecular complexity index is 749. The van der Waals surface area contributed by atoms with Gasteiger partial charge in [0.1, 0.15) is 0 Å². The molecule has 2 unspecified atom stereocenters. The zero-order chi connectivity index (χ0) is 19.1. The van der Waals surface area contributed by atoms with Crippen molar-refractivity contribution in [2.45, 2.75) is 18.9 Å². The summed E-state index contributed by atoms with van der Waals surface area (Å²) in [6, 6.07) is 19.9. The monoisotopic (exact) mass is 366 g/mol. The predicted octanol–water partition coefficient (Wildman–Crippen LogP) is 2.58. The van der Waals surface area contributed by atoms with Gasteiger partial charge in [0.15, 0.2) is 0 Å². The van der Waals surface area contributed by atoms with Gasteiger partial charge in [0, 0.05) is 33.2 Å². The van der Waals surface area contributed by atoms with Crippen LogP contribution in [0.15, 0.2) is 60.7 Å². The van der Waals surface area contributed by atoms with Crippen LogP contribution in [0, 0.1) is 5.92 Å². The number of ether oxygens (including phenoxy) is 1. The molecule has 1 N–H and O–H groups in total. The third-order valence-electron chi connectivity index (χ3n) is 5.02. The summed E-state index contributed by atoms with van der Waals surface area (Å²) in [6.45, 7) is 1.53. The van der Waals surface area contributed by atoms with Crippen molar-refractivity contribution in [3.05, 3.63) is 71.8 Å². The van der Waals surface area contributed by atoms with E-state index in [0.717, 1.165) is 12.0 Å². The maximum atomic E-state index is 12.5. The van der Waals surface area contributed by atoms with Gasteiger partial charge in [-0.2, -0.15) is 0 Å². The highest BCUT2D eigenvalue weighted by molar-refractivity contribution is 5.89. The molecule has 2 aromatic carbocycles. The van der Waals surface area contributed by atoms with Crippen LogP contribution in [0.1, 0.15) is 23.7 Å². The van der Waals surface area contributed by atoms with E-state index in [0.29, 0.717) is 19.6 Å². The van der Waals surface area contributed by atoms with Crippen LogP contribution in [0.4, 0.5) is 0 Å². The molecule has 1 fully saturated rings. The van der Waals surface area contributed by atoms with Gasteiger partial charge in [-0.15, -0.1) is 0 Å². The first-order valence-corrected chi connectivity index (χ1v) is 9.34. The summed E-state index contributed by atoms with van der Waals surface area (Å²) < 4.78 is 5.49. The largest absolute Gasteiger partial charge is 0.375 e. The SMILES string of the molecule is COC(CNC(=O)C1CC(=O)N(CCc2ccccc2)C1)c1ccccc1. The van der Waals surface area contributed by atoms with Crippen molar-refractivity contribution in [1.82, 2.24) is 10.2 Å². The lowest BCUT2D eigenvalue weighted by Gasteiger charge is -2.19. The summed E-state index contributed by atoms with van der Waals surface area (Å²) in [5.74, 6) is -0.317. The van der Waals surface area contributed by atoms with E-state index in [1.807, 2.05) is 48.5 Å². The van der Waals surface area contributed by atoms with E-state index in [9.17, 15) is 9.59 Å². The van der Waals surface area contributed by atoms with Crippen LogP contribution in [0.5, 0.6) is 0 Å². The molecule has 1 saturated heterocycles. The Labute approximate surface area is 160 Å². The van der Waals surface area contributed by atoms with E-state index in [1.165, 1.54) is 5.56 Å². The Hall–Kier alpha value is -2.66. The van der Waals surface area contributed by atoms with E-state index in [2.05, 4.69) is 17.4 Å². The topological polar surface area (TPSA) is 58.6 Å². The summed E-state index contributed by atoms with van der Waals surface area (Å²) in [4.78, 5) is 26.6. The number of likely N-dealkylation sites (tertiary alicyclic amines) is 1. The molecule has 1 aliphatic heterocycles. The normalized spacial score (nSPS) is 17.7. The Balaban J connectivity index is 1.48. The molecule has 27 heavy (non-hydrogen) atoms. The van der Waals surface area contributed by atoms with Crippen molar-refractivity contribution in [2.75, 3.05) is 26.7 Å². The average molecular weight is 366 g/mol. The summed E-state index contributed by atoms with van der Waals surface area (Å²) >= 11 is 0. The molecule has 2 atom stereocenters. The molecule has 0 aliphatic carbocycles. The van der Waals surface area contributed by atoms with Crippen molar-refractivity contribution in [3.8, 4) is 0 Å². The fourth-order valence-electron chi connectivity index (χ4n) is 3.42. The van der Waals surface area contributed by atoms with Crippen LogP contribution < -0.4 is 5.32 Å². The molecule has 2 aromatic rings. The van der Waals surface area contributed by atoms with Gasteiger partial charge in [0.2, 0.25) is 11.8 Å². The van der Waals surface area contributed by atoms with E-state index in [4.69, 9.17) is 4.74 Å². The minimum atomic E-state index is -0.290. The van der Waals surface area contributed by atoms with Crippen molar-refractivity contribution < 1.29 is 14.3 Å².